The number of likely N-dealkylation sites (tertiary alicyclic amines) is 1. The SMILES string of the molecule is O=C(Cc1ccc(F)cc1)NC1CCN(C[C@H]2CCOC2)CC1. The summed E-state index contributed by atoms with van der Waals surface area (Å²) in [5, 5.41) is 3.11. The summed E-state index contributed by atoms with van der Waals surface area (Å²) in [6.07, 6.45) is 3.50. The van der Waals surface area contributed by atoms with E-state index in [-0.39, 0.29) is 17.8 Å². The first-order chi connectivity index (χ1) is 11.2. The molecule has 3 rings (SSSR count). The Labute approximate surface area is 137 Å². The van der Waals surface area contributed by atoms with E-state index in [0.29, 0.717) is 12.3 Å². The molecule has 0 bridgehead atoms. The Balaban J connectivity index is 1.37. The van der Waals surface area contributed by atoms with Gasteiger partial charge in [-0.2, -0.15) is 0 Å². The first-order valence-corrected chi connectivity index (χ1v) is 8.53. The van der Waals surface area contributed by atoms with E-state index >= 15 is 0 Å². The molecule has 2 saturated heterocycles. The lowest BCUT2D eigenvalue weighted by atomic mass is 10.0. The maximum atomic E-state index is 12.9. The van der Waals surface area contributed by atoms with E-state index in [4.69, 9.17) is 4.74 Å². The summed E-state index contributed by atoms with van der Waals surface area (Å²) in [6.45, 7) is 5.00. The lowest BCUT2D eigenvalue weighted by molar-refractivity contribution is -0.121. The summed E-state index contributed by atoms with van der Waals surface area (Å²) >= 11 is 0. The van der Waals surface area contributed by atoms with Crippen molar-refractivity contribution in [2.75, 3.05) is 32.8 Å². The molecule has 1 amide bonds. The van der Waals surface area contributed by atoms with Crippen molar-refractivity contribution in [3.05, 3.63) is 35.6 Å². The Morgan fingerprint density at radius 3 is 2.61 bits per heavy atom. The summed E-state index contributed by atoms with van der Waals surface area (Å²) in [4.78, 5) is 14.6. The number of amides is 1. The minimum atomic E-state index is -0.269. The van der Waals surface area contributed by atoms with E-state index in [9.17, 15) is 9.18 Å². The molecule has 4 nitrogen and oxygen atoms in total. The molecule has 1 aromatic carbocycles. The Bertz CT molecular complexity index is 506. The maximum Gasteiger partial charge on any atom is 0.224 e. The fraction of sp³-hybridized carbons (Fsp3) is 0.611. The molecule has 23 heavy (non-hydrogen) atoms. The second-order valence-electron chi connectivity index (χ2n) is 6.68. The Hall–Kier alpha value is -1.46. The number of carbonyl (C=O) groups excluding carboxylic acids is 1. The first kappa shape index (κ1) is 16.4. The summed E-state index contributed by atoms with van der Waals surface area (Å²) in [7, 11) is 0. The predicted octanol–water partition coefficient (Wildman–Crippen LogP) is 1.99. The van der Waals surface area contributed by atoms with Crippen molar-refractivity contribution in [3.63, 3.8) is 0 Å². The number of nitrogens with one attached hydrogen (secondary N) is 1. The fourth-order valence-electron chi connectivity index (χ4n) is 3.42. The highest BCUT2D eigenvalue weighted by Crippen LogP contribution is 2.17. The number of carbonyl (C=O) groups is 1. The topological polar surface area (TPSA) is 41.6 Å². The molecule has 0 radical (unpaired) electrons. The van der Waals surface area contributed by atoms with Gasteiger partial charge in [0, 0.05) is 32.3 Å². The van der Waals surface area contributed by atoms with Gasteiger partial charge in [0.2, 0.25) is 5.91 Å². The molecule has 5 heteroatoms. The molecule has 2 heterocycles. The van der Waals surface area contributed by atoms with E-state index in [2.05, 4.69) is 10.2 Å². The van der Waals surface area contributed by atoms with Crippen LogP contribution in [0.5, 0.6) is 0 Å². The highest BCUT2D eigenvalue weighted by Gasteiger charge is 2.24. The number of piperidine rings is 1. The van der Waals surface area contributed by atoms with Crippen molar-refractivity contribution in [2.45, 2.75) is 31.7 Å². The number of rotatable bonds is 5. The van der Waals surface area contributed by atoms with Crippen LogP contribution in [0, 0.1) is 11.7 Å². The average Bonchev–Trinajstić information content (AvgIpc) is 3.04. The van der Waals surface area contributed by atoms with Gasteiger partial charge < -0.3 is 15.0 Å². The highest BCUT2D eigenvalue weighted by molar-refractivity contribution is 5.78. The van der Waals surface area contributed by atoms with E-state index in [1.807, 2.05) is 0 Å². The Kier molecular flexibility index (Phi) is 5.62. The molecular weight excluding hydrogens is 295 g/mol. The quantitative estimate of drug-likeness (QED) is 0.902. The summed E-state index contributed by atoms with van der Waals surface area (Å²) in [5.74, 6) is 0.438. The van der Waals surface area contributed by atoms with Gasteiger partial charge >= 0.3 is 0 Å². The van der Waals surface area contributed by atoms with Gasteiger partial charge in [0.1, 0.15) is 5.82 Å². The number of nitrogens with zero attached hydrogens (tertiary/aromatic N) is 1. The second-order valence-corrected chi connectivity index (χ2v) is 6.68. The van der Waals surface area contributed by atoms with Gasteiger partial charge in [0.25, 0.3) is 0 Å². The monoisotopic (exact) mass is 320 g/mol. The van der Waals surface area contributed by atoms with E-state index in [0.717, 1.165) is 51.3 Å². The van der Waals surface area contributed by atoms with Crippen molar-refractivity contribution in [1.82, 2.24) is 10.2 Å². The molecule has 0 spiro atoms. The molecule has 126 valence electrons. The molecule has 2 fully saturated rings. The van der Waals surface area contributed by atoms with Gasteiger partial charge in [-0.3, -0.25) is 4.79 Å². The summed E-state index contributed by atoms with van der Waals surface area (Å²) in [5.41, 5.74) is 0.850. The van der Waals surface area contributed by atoms with Crippen molar-refractivity contribution >= 4 is 5.91 Å². The van der Waals surface area contributed by atoms with Gasteiger partial charge in [-0.1, -0.05) is 12.1 Å². The van der Waals surface area contributed by atoms with Crippen LogP contribution in [0.2, 0.25) is 0 Å². The number of halogens is 1. The van der Waals surface area contributed by atoms with Crippen LogP contribution in [0.4, 0.5) is 4.39 Å². The fourth-order valence-corrected chi connectivity index (χ4v) is 3.42. The van der Waals surface area contributed by atoms with Crippen molar-refractivity contribution < 1.29 is 13.9 Å². The second kappa shape index (κ2) is 7.88. The molecule has 1 atom stereocenters. The molecule has 1 N–H and O–H groups in total. The third kappa shape index (κ3) is 5.01. The Morgan fingerprint density at radius 1 is 1.22 bits per heavy atom. The molecule has 2 aliphatic rings. The predicted molar refractivity (Wildman–Crippen MR) is 86.6 cm³/mol. The third-order valence-corrected chi connectivity index (χ3v) is 4.77. The number of hydrogen-bond donors (Lipinski definition) is 1. The maximum absolute atomic E-state index is 12.9. The molecule has 1 aromatic rings. The molecular formula is C18H25FN2O2. The number of ether oxygens (including phenoxy) is 1. The zero-order valence-electron chi connectivity index (χ0n) is 13.5. The van der Waals surface area contributed by atoms with Crippen LogP contribution in [0.25, 0.3) is 0 Å². The lowest BCUT2D eigenvalue weighted by Crippen LogP contribution is -2.46. The minimum Gasteiger partial charge on any atom is -0.381 e. The molecule has 2 aliphatic heterocycles. The molecule has 0 unspecified atom stereocenters. The Morgan fingerprint density at radius 2 is 1.96 bits per heavy atom. The average molecular weight is 320 g/mol. The van der Waals surface area contributed by atoms with Gasteiger partial charge in [0.15, 0.2) is 0 Å². The van der Waals surface area contributed by atoms with E-state index in [1.165, 1.54) is 18.6 Å². The van der Waals surface area contributed by atoms with Crippen molar-refractivity contribution in [3.8, 4) is 0 Å². The largest absolute Gasteiger partial charge is 0.381 e. The highest BCUT2D eigenvalue weighted by atomic mass is 19.1. The minimum absolute atomic E-state index is 0.0271. The zero-order valence-corrected chi connectivity index (χ0v) is 13.5. The molecule has 0 saturated carbocycles. The molecule has 0 aromatic heterocycles. The first-order valence-electron chi connectivity index (χ1n) is 8.53. The van der Waals surface area contributed by atoms with Crippen molar-refractivity contribution in [2.24, 2.45) is 5.92 Å². The third-order valence-electron chi connectivity index (χ3n) is 4.77. The standard InChI is InChI=1S/C18H25FN2O2/c19-16-3-1-14(2-4-16)11-18(22)20-17-5-8-21(9-6-17)12-15-7-10-23-13-15/h1-4,15,17H,5-13H2,(H,20,22)/t15-/m1/s1. The van der Waals surface area contributed by atoms with Crippen LogP contribution >= 0.6 is 0 Å². The number of benzene rings is 1. The normalized spacial score (nSPS) is 23.1. The van der Waals surface area contributed by atoms with Gasteiger partial charge in [-0.25, -0.2) is 4.39 Å². The van der Waals surface area contributed by atoms with Crippen LogP contribution in [0.1, 0.15) is 24.8 Å². The van der Waals surface area contributed by atoms with E-state index in [1.54, 1.807) is 12.1 Å². The van der Waals surface area contributed by atoms with Crippen LogP contribution in [0.15, 0.2) is 24.3 Å². The van der Waals surface area contributed by atoms with Gasteiger partial charge in [-0.15, -0.1) is 0 Å². The van der Waals surface area contributed by atoms with Gasteiger partial charge in [-0.05, 0) is 42.9 Å². The lowest BCUT2D eigenvalue weighted by Gasteiger charge is -2.33. The van der Waals surface area contributed by atoms with Crippen molar-refractivity contribution in [1.29, 1.82) is 0 Å². The van der Waals surface area contributed by atoms with Crippen LogP contribution in [0.3, 0.4) is 0 Å². The summed E-state index contributed by atoms with van der Waals surface area (Å²) in [6, 6.07) is 6.39. The van der Waals surface area contributed by atoms with Gasteiger partial charge in [0.05, 0.1) is 13.0 Å². The summed E-state index contributed by atoms with van der Waals surface area (Å²) < 4.78 is 18.3. The van der Waals surface area contributed by atoms with Crippen LogP contribution in [-0.2, 0) is 16.0 Å². The smallest absolute Gasteiger partial charge is 0.224 e. The van der Waals surface area contributed by atoms with E-state index < -0.39 is 0 Å². The number of hydrogen-bond acceptors (Lipinski definition) is 3. The van der Waals surface area contributed by atoms with Crippen LogP contribution in [-0.4, -0.2) is 49.7 Å². The molecule has 0 aliphatic carbocycles. The van der Waals surface area contributed by atoms with Crippen LogP contribution < -0.4 is 5.32 Å². The zero-order chi connectivity index (χ0) is 16.1.